The molecule has 0 unspecified atom stereocenters. The minimum Gasteiger partial charge on any atom is -0.407 e. The molecule has 1 rings (SSSR count). The molecule has 86 valence electrons. The average molecular weight is 222 g/mol. The van der Waals surface area contributed by atoms with Crippen molar-refractivity contribution in [3.8, 4) is 0 Å². The summed E-state index contributed by atoms with van der Waals surface area (Å²) < 4.78 is 46.9. The van der Waals surface area contributed by atoms with Crippen LogP contribution in [0.5, 0.6) is 0 Å². The van der Waals surface area contributed by atoms with Crippen molar-refractivity contribution in [2.24, 2.45) is 0 Å². The Morgan fingerprint density at radius 3 is 1.87 bits per heavy atom. The van der Waals surface area contributed by atoms with E-state index in [4.69, 9.17) is 9.31 Å². The molecule has 0 saturated carbocycles. The highest BCUT2D eigenvalue weighted by atomic mass is 19.4. The maximum absolute atomic E-state index is 12.3. The highest BCUT2D eigenvalue weighted by Gasteiger charge is 2.42. The summed E-state index contributed by atoms with van der Waals surface area (Å²) in [6.45, 7) is 3.56. The van der Waals surface area contributed by atoms with E-state index in [1.807, 2.05) is 0 Å². The molecule has 6 heteroatoms. The molecule has 0 bridgehead atoms. The fourth-order valence-corrected chi connectivity index (χ4v) is 1.32. The van der Waals surface area contributed by atoms with Gasteiger partial charge < -0.3 is 9.31 Å². The first kappa shape index (κ1) is 12.6. The molecule has 1 heterocycles. The van der Waals surface area contributed by atoms with Gasteiger partial charge in [-0.25, -0.2) is 0 Å². The lowest BCUT2D eigenvalue weighted by molar-refractivity contribution is -0.0883. The van der Waals surface area contributed by atoms with Crippen LogP contribution in [0.1, 0.15) is 25.7 Å². The van der Waals surface area contributed by atoms with E-state index in [-0.39, 0.29) is 0 Å². The molecule has 0 spiro atoms. The Balaban J connectivity index is 2.53. The number of hydrogen-bond acceptors (Lipinski definition) is 2. The summed E-state index contributed by atoms with van der Waals surface area (Å²) in [6.07, 6.45) is -0.974. The van der Waals surface area contributed by atoms with Crippen LogP contribution in [0.25, 0.3) is 0 Å². The van der Waals surface area contributed by atoms with Crippen molar-refractivity contribution < 1.29 is 22.5 Å². The average Bonchev–Trinajstić information content (AvgIpc) is 2.27. The summed E-state index contributed by atoms with van der Waals surface area (Å²) in [7, 11) is -1.33. The third-order valence-corrected chi connectivity index (χ3v) is 2.23. The molecule has 0 aromatic carbocycles. The van der Waals surface area contributed by atoms with Crippen LogP contribution in [0.15, 0.2) is 12.1 Å². The van der Waals surface area contributed by atoms with E-state index in [1.165, 1.54) is 0 Å². The van der Waals surface area contributed by atoms with Crippen molar-refractivity contribution in [3.05, 3.63) is 12.1 Å². The van der Waals surface area contributed by atoms with E-state index in [1.54, 1.807) is 0 Å². The number of rotatable bonds is 1. The van der Waals surface area contributed by atoms with Gasteiger partial charge in [-0.15, -0.1) is 0 Å². The van der Waals surface area contributed by atoms with Crippen LogP contribution < -0.4 is 0 Å². The highest BCUT2D eigenvalue weighted by Crippen LogP contribution is 2.27. The number of halogens is 3. The van der Waals surface area contributed by atoms with Gasteiger partial charge in [-0.2, -0.15) is 13.2 Å². The number of hydrogen-bond donors (Lipinski definition) is 0. The van der Waals surface area contributed by atoms with Crippen LogP contribution in [0.4, 0.5) is 13.2 Å². The Hall–Kier alpha value is -0.485. The van der Waals surface area contributed by atoms with Crippen molar-refractivity contribution in [1.29, 1.82) is 0 Å². The van der Waals surface area contributed by atoms with Gasteiger partial charge in [0, 0.05) is 13.2 Å². The summed E-state index contributed by atoms with van der Waals surface area (Å²) in [4.78, 5) is 0. The van der Waals surface area contributed by atoms with Crippen LogP contribution >= 0.6 is 0 Å². The Morgan fingerprint density at radius 2 is 1.47 bits per heavy atom. The molecule has 1 fully saturated rings. The van der Waals surface area contributed by atoms with Crippen molar-refractivity contribution >= 4 is 7.12 Å². The fourth-order valence-electron chi connectivity index (χ4n) is 1.32. The van der Waals surface area contributed by atoms with Crippen molar-refractivity contribution in [3.63, 3.8) is 0 Å². The van der Waals surface area contributed by atoms with Gasteiger partial charge >= 0.3 is 13.3 Å². The largest absolute Gasteiger partial charge is 0.498 e. The van der Waals surface area contributed by atoms with Crippen molar-refractivity contribution in [2.45, 2.75) is 31.9 Å². The third kappa shape index (κ3) is 4.26. The zero-order valence-corrected chi connectivity index (χ0v) is 8.48. The SMILES string of the molecule is C=C(B1OCCCCCCO1)C(F)(F)F. The maximum atomic E-state index is 12.3. The van der Waals surface area contributed by atoms with Gasteiger partial charge in [0.2, 0.25) is 0 Å². The minimum atomic E-state index is -4.45. The molecule has 0 atom stereocenters. The van der Waals surface area contributed by atoms with E-state index >= 15 is 0 Å². The summed E-state index contributed by atoms with van der Waals surface area (Å²) in [5.41, 5.74) is -0.954. The van der Waals surface area contributed by atoms with Crippen molar-refractivity contribution in [1.82, 2.24) is 0 Å². The monoisotopic (exact) mass is 222 g/mol. The molecule has 1 aliphatic heterocycles. The first-order chi connectivity index (χ1) is 7.02. The number of alkyl halides is 3. The summed E-state index contributed by atoms with van der Waals surface area (Å²) >= 11 is 0. The lowest BCUT2D eigenvalue weighted by Gasteiger charge is -2.17. The lowest BCUT2D eigenvalue weighted by Crippen LogP contribution is -2.33. The number of allylic oxidation sites excluding steroid dienone is 1. The molecular formula is C9H14BF3O2. The second kappa shape index (κ2) is 5.56. The van der Waals surface area contributed by atoms with Gasteiger partial charge in [-0.1, -0.05) is 19.4 Å². The first-order valence-electron chi connectivity index (χ1n) is 5.01. The minimum absolute atomic E-state index is 0.291. The van der Waals surface area contributed by atoms with Gasteiger partial charge in [0.05, 0.1) is 5.47 Å². The molecule has 1 aliphatic rings. The molecule has 0 aliphatic carbocycles. The Labute approximate surface area is 87.6 Å². The van der Waals surface area contributed by atoms with E-state index in [2.05, 4.69) is 6.58 Å². The Morgan fingerprint density at radius 1 is 1.00 bits per heavy atom. The molecule has 0 aromatic rings. The molecule has 0 aromatic heterocycles. The second-order valence-corrected chi connectivity index (χ2v) is 3.51. The molecule has 15 heavy (non-hydrogen) atoms. The van der Waals surface area contributed by atoms with Crippen LogP contribution in [0.3, 0.4) is 0 Å². The van der Waals surface area contributed by atoms with Crippen molar-refractivity contribution in [2.75, 3.05) is 13.2 Å². The van der Waals surface area contributed by atoms with E-state index < -0.39 is 18.8 Å². The topological polar surface area (TPSA) is 18.5 Å². The molecule has 0 amide bonds. The van der Waals surface area contributed by atoms with Gasteiger partial charge in [0.1, 0.15) is 0 Å². The quantitative estimate of drug-likeness (QED) is 0.635. The standard InChI is InChI=1S/C9H14BF3O2/c1-8(9(11,12)13)10-14-6-4-2-3-5-7-15-10/h1-7H2. The first-order valence-corrected chi connectivity index (χ1v) is 5.01. The molecule has 0 N–H and O–H groups in total. The summed E-state index contributed by atoms with van der Waals surface area (Å²) in [6, 6.07) is 0. The van der Waals surface area contributed by atoms with Crippen LogP contribution in [0.2, 0.25) is 0 Å². The second-order valence-electron chi connectivity index (χ2n) is 3.51. The predicted octanol–water partition coefficient (Wildman–Crippen LogP) is 2.74. The summed E-state index contributed by atoms with van der Waals surface area (Å²) in [5.74, 6) is 0. The zero-order chi connectivity index (χ0) is 11.3. The van der Waals surface area contributed by atoms with Crippen LogP contribution in [-0.2, 0) is 9.31 Å². The van der Waals surface area contributed by atoms with Gasteiger partial charge in [-0.05, 0) is 12.8 Å². The Bertz CT molecular complexity index is 208. The van der Waals surface area contributed by atoms with E-state index in [0.29, 0.717) is 13.2 Å². The van der Waals surface area contributed by atoms with Gasteiger partial charge in [-0.3, -0.25) is 0 Å². The molecule has 0 radical (unpaired) electrons. The normalized spacial score (nSPS) is 20.3. The lowest BCUT2D eigenvalue weighted by atomic mass is 9.78. The van der Waals surface area contributed by atoms with Crippen LogP contribution in [-0.4, -0.2) is 26.5 Å². The maximum Gasteiger partial charge on any atom is 0.498 e. The fraction of sp³-hybridized carbons (Fsp3) is 0.778. The Kier molecular flexibility index (Phi) is 4.66. The van der Waals surface area contributed by atoms with E-state index in [0.717, 1.165) is 25.7 Å². The zero-order valence-electron chi connectivity index (χ0n) is 8.48. The summed E-state index contributed by atoms with van der Waals surface area (Å²) in [5, 5.41) is 0. The predicted molar refractivity (Wildman–Crippen MR) is 51.3 cm³/mol. The highest BCUT2D eigenvalue weighted by molar-refractivity contribution is 6.54. The van der Waals surface area contributed by atoms with Gasteiger partial charge in [0.25, 0.3) is 0 Å². The molecule has 2 nitrogen and oxygen atoms in total. The van der Waals surface area contributed by atoms with E-state index in [9.17, 15) is 13.2 Å². The third-order valence-electron chi connectivity index (χ3n) is 2.23. The van der Waals surface area contributed by atoms with Gasteiger partial charge in [0.15, 0.2) is 0 Å². The molecule has 1 saturated heterocycles. The molecular weight excluding hydrogens is 208 g/mol. The smallest absolute Gasteiger partial charge is 0.407 e. The van der Waals surface area contributed by atoms with Crippen LogP contribution in [0, 0.1) is 0 Å².